The zero-order valence-corrected chi connectivity index (χ0v) is 18.1. The minimum Gasteiger partial charge on any atom is -0.396 e. The highest BCUT2D eigenvalue weighted by atomic mass is 19.1. The van der Waals surface area contributed by atoms with Crippen molar-refractivity contribution in [3.8, 4) is 0 Å². The van der Waals surface area contributed by atoms with Gasteiger partial charge in [-0.2, -0.15) is 0 Å². The summed E-state index contributed by atoms with van der Waals surface area (Å²) in [4.78, 5) is 22.8. The van der Waals surface area contributed by atoms with E-state index in [1.807, 2.05) is 6.20 Å². The average molecular weight is 437 g/mol. The summed E-state index contributed by atoms with van der Waals surface area (Å²) in [5.41, 5.74) is 4.08. The van der Waals surface area contributed by atoms with Crippen LogP contribution in [0.15, 0.2) is 48.7 Å². The molecule has 1 fully saturated rings. The molecule has 0 saturated carbocycles. The molecule has 1 atom stereocenters. The minimum absolute atomic E-state index is 0.0340. The molecule has 0 aliphatic carbocycles. The number of aliphatic hydroxyl groups is 1. The van der Waals surface area contributed by atoms with Crippen LogP contribution in [0.4, 0.5) is 15.8 Å². The number of hydrogen-bond acceptors (Lipinski definition) is 4. The molecule has 2 N–H and O–H groups in total. The van der Waals surface area contributed by atoms with Crippen molar-refractivity contribution in [2.45, 2.75) is 25.3 Å². The van der Waals surface area contributed by atoms with Crippen LogP contribution in [0.3, 0.4) is 0 Å². The lowest BCUT2D eigenvalue weighted by molar-refractivity contribution is -0.119. The Kier molecular flexibility index (Phi) is 5.85. The number of H-pyrrole nitrogens is 1. The Morgan fingerprint density at radius 3 is 2.75 bits per heavy atom. The molecular weight excluding hydrogens is 407 g/mol. The normalized spacial score (nSPS) is 19.4. The van der Waals surface area contributed by atoms with Crippen molar-refractivity contribution in [1.82, 2.24) is 9.88 Å². The summed E-state index contributed by atoms with van der Waals surface area (Å²) in [6.45, 7) is 4.33. The molecule has 1 aromatic heterocycles. The van der Waals surface area contributed by atoms with Crippen molar-refractivity contribution >= 4 is 28.2 Å². The Morgan fingerprint density at radius 1 is 1.09 bits per heavy atom. The molecule has 32 heavy (non-hydrogen) atoms. The third-order valence-electron chi connectivity index (χ3n) is 6.76. The van der Waals surface area contributed by atoms with Gasteiger partial charge in [0.05, 0.1) is 13.0 Å². The first-order valence-corrected chi connectivity index (χ1v) is 11.4. The van der Waals surface area contributed by atoms with E-state index in [0.29, 0.717) is 0 Å². The minimum atomic E-state index is -0.273. The molecule has 168 valence electrons. The summed E-state index contributed by atoms with van der Waals surface area (Å²) in [6, 6.07) is 13.2. The smallest absolute Gasteiger partial charge is 0.229 e. The van der Waals surface area contributed by atoms with Gasteiger partial charge in [-0.1, -0.05) is 6.07 Å². The number of benzene rings is 2. The van der Waals surface area contributed by atoms with Gasteiger partial charge in [-0.05, 0) is 54.8 Å². The highest BCUT2D eigenvalue weighted by molar-refractivity contribution is 5.95. The molecular formula is C25H29FN4O2. The van der Waals surface area contributed by atoms with Crippen molar-refractivity contribution < 1.29 is 14.3 Å². The first kappa shape index (κ1) is 21.0. The molecule has 7 heteroatoms. The van der Waals surface area contributed by atoms with Gasteiger partial charge in [0.1, 0.15) is 5.82 Å². The molecule has 0 bridgehead atoms. The lowest BCUT2D eigenvalue weighted by atomic mass is 9.94. The number of halogens is 1. The van der Waals surface area contributed by atoms with Crippen LogP contribution in [0, 0.1) is 5.82 Å². The predicted octanol–water partition coefficient (Wildman–Crippen LogP) is 3.16. The summed E-state index contributed by atoms with van der Waals surface area (Å²) in [5.74, 6) is -0.367. The van der Waals surface area contributed by atoms with Crippen LogP contribution in [0.1, 0.15) is 18.4 Å². The molecule has 6 nitrogen and oxygen atoms in total. The zero-order chi connectivity index (χ0) is 22.1. The molecule has 3 heterocycles. The lowest BCUT2D eigenvalue weighted by Crippen LogP contribution is -2.54. The number of aliphatic hydroxyl groups excluding tert-OH is 1. The van der Waals surface area contributed by atoms with Gasteiger partial charge in [0.15, 0.2) is 0 Å². The van der Waals surface area contributed by atoms with Crippen LogP contribution in [0.5, 0.6) is 0 Å². The fourth-order valence-electron chi connectivity index (χ4n) is 5.18. The average Bonchev–Trinajstić information content (AvgIpc) is 3.29. The van der Waals surface area contributed by atoms with E-state index in [9.17, 15) is 14.3 Å². The number of aromatic amines is 1. The maximum absolute atomic E-state index is 13.7. The SMILES string of the molecule is O=C(CCO)N1c2ccc(F)cc2CCC1CN1CCN(c2cccc3[nH]ccc23)CC1. The third kappa shape index (κ3) is 3.98. The fourth-order valence-corrected chi connectivity index (χ4v) is 5.18. The number of carbonyl (C=O) groups excluding carboxylic acids is 1. The number of anilines is 2. The second kappa shape index (κ2) is 8.92. The van der Waals surface area contributed by atoms with Gasteiger partial charge < -0.3 is 19.9 Å². The van der Waals surface area contributed by atoms with Gasteiger partial charge in [-0.15, -0.1) is 0 Å². The Hall–Kier alpha value is -2.90. The first-order chi connectivity index (χ1) is 15.6. The van der Waals surface area contributed by atoms with E-state index in [0.717, 1.165) is 62.3 Å². The van der Waals surface area contributed by atoms with E-state index in [-0.39, 0.29) is 30.8 Å². The second-order valence-corrected chi connectivity index (χ2v) is 8.71. The molecule has 0 radical (unpaired) electrons. The molecule has 1 saturated heterocycles. The van der Waals surface area contributed by atoms with E-state index >= 15 is 0 Å². The number of carbonyl (C=O) groups is 1. The highest BCUT2D eigenvalue weighted by Gasteiger charge is 2.33. The topological polar surface area (TPSA) is 62.8 Å². The molecule has 3 aromatic rings. The third-order valence-corrected chi connectivity index (χ3v) is 6.76. The second-order valence-electron chi connectivity index (χ2n) is 8.71. The summed E-state index contributed by atoms with van der Waals surface area (Å²) in [7, 11) is 0. The summed E-state index contributed by atoms with van der Waals surface area (Å²) < 4.78 is 13.7. The molecule has 1 amide bonds. The van der Waals surface area contributed by atoms with Gasteiger partial charge in [0.25, 0.3) is 0 Å². The number of nitrogens with zero attached hydrogens (tertiary/aromatic N) is 3. The zero-order valence-electron chi connectivity index (χ0n) is 18.1. The number of rotatable bonds is 5. The van der Waals surface area contributed by atoms with Crippen molar-refractivity contribution in [3.05, 3.63) is 60.0 Å². The number of fused-ring (bicyclic) bond motifs is 2. The van der Waals surface area contributed by atoms with Crippen molar-refractivity contribution in [2.75, 3.05) is 49.1 Å². The first-order valence-electron chi connectivity index (χ1n) is 11.4. The molecule has 5 rings (SSSR count). The van der Waals surface area contributed by atoms with E-state index in [2.05, 4.69) is 39.0 Å². The number of amides is 1. The fraction of sp³-hybridized carbons (Fsp3) is 0.400. The highest BCUT2D eigenvalue weighted by Crippen LogP contribution is 2.33. The van der Waals surface area contributed by atoms with Crippen LogP contribution >= 0.6 is 0 Å². The summed E-state index contributed by atoms with van der Waals surface area (Å²) in [5, 5.41) is 10.6. The summed E-state index contributed by atoms with van der Waals surface area (Å²) in [6.07, 6.45) is 3.63. The van der Waals surface area contributed by atoms with E-state index < -0.39 is 0 Å². The molecule has 2 aromatic carbocycles. The van der Waals surface area contributed by atoms with E-state index in [4.69, 9.17) is 0 Å². The largest absolute Gasteiger partial charge is 0.396 e. The standard InChI is InChI=1S/C25H29FN4O2/c26-19-5-7-23-18(16-19)4-6-20(30(23)25(32)9-15-31)17-28-11-13-29(14-12-28)24-3-1-2-22-21(24)8-10-27-22/h1-3,5,7-8,10,16,20,27,31H,4,6,9,11-15,17H2. The number of hydrogen-bond donors (Lipinski definition) is 2. The Bertz CT molecular complexity index is 1110. The molecule has 0 spiro atoms. The maximum atomic E-state index is 13.7. The van der Waals surface area contributed by atoms with Crippen LogP contribution in [-0.4, -0.2) is 66.3 Å². The van der Waals surface area contributed by atoms with Crippen LogP contribution in [0.25, 0.3) is 10.9 Å². The number of aryl methyl sites for hydroxylation is 1. The number of aromatic nitrogens is 1. The van der Waals surface area contributed by atoms with Crippen LogP contribution in [-0.2, 0) is 11.2 Å². The Morgan fingerprint density at radius 2 is 1.94 bits per heavy atom. The Labute approximate surface area is 187 Å². The number of piperazine rings is 1. The number of nitrogens with one attached hydrogen (secondary N) is 1. The van der Waals surface area contributed by atoms with Crippen LogP contribution in [0.2, 0.25) is 0 Å². The van der Waals surface area contributed by atoms with Gasteiger partial charge in [0.2, 0.25) is 5.91 Å². The van der Waals surface area contributed by atoms with Crippen molar-refractivity contribution in [2.24, 2.45) is 0 Å². The van der Waals surface area contributed by atoms with Crippen molar-refractivity contribution in [3.63, 3.8) is 0 Å². The lowest BCUT2D eigenvalue weighted by Gasteiger charge is -2.42. The van der Waals surface area contributed by atoms with Crippen molar-refractivity contribution in [1.29, 1.82) is 0 Å². The monoisotopic (exact) mass is 436 g/mol. The maximum Gasteiger partial charge on any atom is 0.229 e. The van der Waals surface area contributed by atoms with E-state index in [1.165, 1.54) is 23.2 Å². The van der Waals surface area contributed by atoms with Gasteiger partial charge >= 0.3 is 0 Å². The predicted molar refractivity (Wildman–Crippen MR) is 125 cm³/mol. The summed E-state index contributed by atoms with van der Waals surface area (Å²) >= 11 is 0. The quantitative estimate of drug-likeness (QED) is 0.645. The van der Waals surface area contributed by atoms with Gasteiger partial charge in [-0.25, -0.2) is 4.39 Å². The van der Waals surface area contributed by atoms with Crippen LogP contribution < -0.4 is 9.80 Å². The molecule has 2 aliphatic heterocycles. The van der Waals surface area contributed by atoms with E-state index in [1.54, 1.807) is 11.0 Å². The van der Waals surface area contributed by atoms with Gasteiger partial charge in [0, 0.05) is 67.2 Å². The Balaban J connectivity index is 1.29. The molecule has 1 unspecified atom stereocenters. The van der Waals surface area contributed by atoms with Gasteiger partial charge in [-0.3, -0.25) is 9.69 Å². The molecule has 2 aliphatic rings.